The molecule has 0 spiro atoms. The molecule has 0 radical (unpaired) electrons. The predicted molar refractivity (Wildman–Crippen MR) is 135 cm³/mol. The molecule has 9 nitrogen and oxygen atoms in total. The van der Waals surface area contributed by atoms with Gasteiger partial charge in [0.05, 0.1) is 25.3 Å². The molecule has 1 N–H and O–H groups in total. The van der Waals surface area contributed by atoms with E-state index in [2.05, 4.69) is 44.5 Å². The molecule has 2 heterocycles. The van der Waals surface area contributed by atoms with Gasteiger partial charge in [-0.3, -0.25) is 9.69 Å². The Labute approximate surface area is 204 Å². The highest BCUT2D eigenvalue weighted by Gasteiger charge is 2.33. The fourth-order valence-corrected chi connectivity index (χ4v) is 4.30. The number of pyridine rings is 1. The van der Waals surface area contributed by atoms with Gasteiger partial charge in [0.25, 0.3) is 5.56 Å². The Morgan fingerprint density at radius 2 is 1.74 bits per heavy atom. The molecular weight excluding hydrogens is 444 g/mol. The second kappa shape index (κ2) is 9.87. The summed E-state index contributed by atoms with van der Waals surface area (Å²) in [6.07, 6.45) is 0. The second-order valence-electron chi connectivity index (χ2n) is 9.42. The van der Waals surface area contributed by atoms with E-state index < -0.39 is 6.04 Å². The summed E-state index contributed by atoms with van der Waals surface area (Å²) < 4.78 is 12.7. The summed E-state index contributed by atoms with van der Waals surface area (Å²) in [5.74, 6) is 1.75. The van der Waals surface area contributed by atoms with Crippen molar-refractivity contribution in [2.45, 2.75) is 45.8 Å². The van der Waals surface area contributed by atoms with Gasteiger partial charge < -0.3 is 14.5 Å². The van der Waals surface area contributed by atoms with Crippen LogP contribution in [0.25, 0.3) is 10.9 Å². The molecule has 9 heteroatoms. The van der Waals surface area contributed by atoms with Gasteiger partial charge in [-0.05, 0) is 55.4 Å². The van der Waals surface area contributed by atoms with Crippen molar-refractivity contribution in [1.29, 1.82) is 0 Å². The molecule has 0 amide bonds. The topological polar surface area (TPSA) is 98.2 Å². The molecule has 184 valence electrons. The molecule has 4 rings (SSSR count). The first-order valence-corrected chi connectivity index (χ1v) is 11.6. The lowest BCUT2D eigenvalue weighted by Gasteiger charge is -2.32. The summed E-state index contributed by atoms with van der Waals surface area (Å²) in [5.41, 5.74) is 1.78. The van der Waals surface area contributed by atoms with Crippen LogP contribution in [0, 0.1) is 0 Å². The number of aromatic nitrogens is 5. The second-order valence-corrected chi connectivity index (χ2v) is 9.42. The Kier molecular flexibility index (Phi) is 6.88. The van der Waals surface area contributed by atoms with Crippen LogP contribution in [0.2, 0.25) is 0 Å². The smallest absolute Gasteiger partial charge is 0.253 e. The van der Waals surface area contributed by atoms with Crippen LogP contribution in [0.5, 0.6) is 11.5 Å². The van der Waals surface area contributed by atoms with Crippen molar-refractivity contribution in [2.75, 3.05) is 20.8 Å². The largest absolute Gasteiger partial charge is 0.493 e. The molecule has 0 fully saturated rings. The first kappa shape index (κ1) is 24.4. The normalized spacial score (nSPS) is 12.8. The third-order valence-electron chi connectivity index (χ3n) is 6.05. The Bertz CT molecular complexity index is 1360. The maximum atomic E-state index is 13.5. The molecular formula is C26H32N6O3. The van der Waals surface area contributed by atoms with E-state index in [1.807, 2.05) is 51.1 Å². The highest BCUT2D eigenvalue weighted by Crippen LogP contribution is 2.34. The van der Waals surface area contributed by atoms with E-state index in [1.54, 1.807) is 25.0 Å². The van der Waals surface area contributed by atoms with Crippen LogP contribution in [0.4, 0.5) is 0 Å². The maximum absolute atomic E-state index is 13.5. The summed E-state index contributed by atoms with van der Waals surface area (Å²) in [5, 5.41) is 13.5. The monoisotopic (exact) mass is 476 g/mol. The molecule has 0 saturated carbocycles. The van der Waals surface area contributed by atoms with Gasteiger partial charge in [0.2, 0.25) is 0 Å². The maximum Gasteiger partial charge on any atom is 0.253 e. The first-order chi connectivity index (χ1) is 16.8. The minimum absolute atomic E-state index is 0.204. The van der Waals surface area contributed by atoms with Crippen LogP contribution in [-0.4, -0.2) is 50.9 Å². The molecule has 4 aromatic rings. The van der Waals surface area contributed by atoms with Crippen molar-refractivity contribution in [2.24, 2.45) is 0 Å². The van der Waals surface area contributed by atoms with E-state index in [4.69, 9.17) is 9.47 Å². The van der Waals surface area contributed by atoms with Crippen molar-refractivity contribution < 1.29 is 9.47 Å². The van der Waals surface area contributed by atoms with Gasteiger partial charge >= 0.3 is 0 Å². The van der Waals surface area contributed by atoms with E-state index in [0.29, 0.717) is 41.5 Å². The lowest BCUT2D eigenvalue weighted by Crippen LogP contribution is -2.37. The minimum Gasteiger partial charge on any atom is -0.493 e. The van der Waals surface area contributed by atoms with Gasteiger partial charge in [0.1, 0.15) is 6.04 Å². The van der Waals surface area contributed by atoms with E-state index in [0.717, 1.165) is 10.9 Å². The summed E-state index contributed by atoms with van der Waals surface area (Å²) in [7, 11) is 3.16. The number of nitrogens with zero attached hydrogens (tertiary/aromatic N) is 5. The predicted octanol–water partition coefficient (Wildman–Crippen LogP) is 3.90. The molecule has 35 heavy (non-hydrogen) atoms. The highest BCUT2D eigenvalue weighted by atomic mass is 16.5. The number of hydrogen-bond acceptors (Lipinski definition) is 7. The van der Waals surface area contributed by atoms with E-state index in [1.165, 1.54) is 0 Å². The molecule has 0 aliphatic carbocycles. The fourth-order valence-electron chi connectivity index (χ4n) is 4.30. The molecule has 1 atom stereocenters. The van der Waals surface area contributed by atoms with Crippen molar-refractivity contribution in [3.8, 4) is 11.5 Å². The number of fused-ring (bicyclic) bond motifs is 1. The van der Waals surface area contributed by atoms with Crippen molar-refractivity contribution in [3.63, 3.8) is 0 Å². The number of nitrogens with one attached hydrogen (secondary N) is 1. The zero-order valence-corrected chi connectivity index (χ0v) is 21.1. The number of ether oxygens (including phenoxy) is 2. The third kappa shape index (κ3) is 4.90. The molecule has 2 aromatic carbocycles. The number of H-pyrrole nitrogens is 1. The number of rotatable bonds is 8. The van der Waals surface area contributed by atoms with Crippen LogP contribution in [-0.2, 0) is 12.1 Å². The number of benzene rings is 2. The van der Waals surface area contributed by atoms with E-state index >= 15 is 0 Å². The molecule has 0 unspecified atom stereocenters. The first-order valence-electron chi connectivity index (χ1n) is 11.6. The number of tetrazole rings is 1. The van der Waals surface area contributed by atoms with Gasteiger partial charge in [0.15, 0.2) is 17.3 Å². The van der Waals surface area contributed by atoms with Crippen LogP contribution in [0.1, 0.15) is 50.7 Å². The van der Waals surface area contributed by atoms with Gasteiger partial charge in [-0.15, -0.1) is 5.10 Å². The van der Waals surface area contributed by atoms with E-state index in [-0.39, 0.29) is 11.1 Å². The Balaban J connectivity index is 1.93. The SMILES string of the molecule is CCN(Cc1ccccc1)[C@@H](c1cc2cc(OC)c(OC)cc2[nH]c1=O)c1nnnn1C(C)(C)C. The molecule has 0 aliphatic rings. The Morgan fingerprint density at radius 3 is 2.37 bits per heavy atom. The number of aromatic amines is 1. The van der Waals surface area contributed by atoms with Gasteiger partial charge in [0, 0.05) is 23.6 Å². The highest BCUT2D eigenvalue weighted by molar-refractivity contribution is 5.83. The third-order valence-corrected chi connectivity index (χ3v) is 6.05. The molecule has 2 aromatic heterocycles. The fraction of sp³-hybridized carbons (Fsp3) is 0.385. The van der Waals surface area contributed by atoms with Crippen LogP contribution >= 0.6 is 0 Å². The lowest BCUT2D eigenvalue weighted by atomic mass is 10.0. The lowest BCUT2D eigenvalue weighted by molar-refractivity contribution is 0.202. The zero-order valence-electron chi connectivity index (χ0n) is 21.1. The average molecular weight is 477 g/mol. The molecule has 0 bridgehead atoms. The Hall–Kier alpha value is -3.72. The van der Waals surface area contributed by atoms with E-state index in [9.17, 15) is 4.79 Å². The van der Waals surface area contributed by atoms with Crippen molar-refractivity contribution in [3.05, 3.63) is 75.8 Å². The van der Waals surface area contributed by atoms with Crippen LogP contribution in [0.3, 0.4) is 0 Å². The van der Waals surface area contributed by atoms with Crippen LogP contribution in [0.15, 0.2) is 53.3 Å². The summed E-state index contributed by atoms with van der Waals surface area (Å²) >= 11 is 0. The van der Waals surface area contributed by atoms with Crippen molar-refractivity contribution in [1.82, 2.24) is 30.1 Å². The number of hydrogen-bond donors (Lipinski definition) is 1. The molecule has 0 aliphatic heterocycles. The van der Waals surface area contributed by atoms with Crippen molar-refractivity contribution >= 4 is 10.9 Å². The summed E-state index contributed by atoms with van der Waals surface area (Å²) in [6, 6.07) is 15.2. The van der Waals surface area contributed by atoms with Crippen LogP contribution < -0.4 is 15.0 Å². The van der Waals surface area contributed by atoms with Gasteiger partial charge in [-0.1, -0.05) is 37.3 Å². The average Bonchev–Trinajstić information content (AvgIpc) is 3.34. The minimum atomic E-state index is -0.476. The quantitative estimate of drug-likeness (QED) is 0.412. The summed E-state index contributed by atoms with van der Waals surface area (Å²) in [4.78, 5) is 18.8. The van der Waals surface area contributed by atoms with Gasteiger partial charge in [-0.25, -0.2) is 4.68 Å². The number of methoxy groups -OCH3 is 2. The zero-order chi connectivity index (χ0) is 25.2. The Morgan fingerprint density at radius 1 is 1.06 bits per heavy atom. The molecule has 0 saturated heterocycles. The standard InChI is InChI=1S/C26H32N6O3/c1-7-31(16-17-11-9-8-10-12-17)23(24-28-29-30-32(24)26(2,3)4)19-13-18-14-21(34-5)22(35-6)15-20(18)27-25(19)33/h8-15,23H,7,16H2,1-6H3,(H,27,33)/t23-/m0/s1. The summed E-state index contributed by atoms with van der Waals surface area (Å²) in [6.45, 7) is 9.50. The van der Waals surface area contributed by atoms with Gasteiger partial charge in [-0.2, -0.15) is 0 Å².